The summed E-state index contributed by atoms with van der Waals surface area (Å²) in [7, 11) is 0. The summed E-state index contributed by atoms with van der Waals surface area (Å²) in [4.78, 5) is 44.9. The van der Waals surface area contributed by atoms with Gasteiger partial charge in [0, 0.05) is 6.42 Å². The highest BCUT2D eigenvalue weighted by Crippen LogP contribution is 2.26. The Morgan fingerprint density at radius 3 is 1.91 bits per heavy atom. The molecule has 0 aliphatic rings. The van der Waals surface area contributed by atoms with E-state index in [2.05, 4.69) is 0 Å². The minimum Gasteiger partial charge on any atom is -0.481 e. The van der Waals surface area contributed by atoms with E-state index in [1.165, 1.54) is 0 Å². The van der Waals surface area contributed by atoms with Crippen LogP contribution in [0.2, 0.25) is 0 Å². The molecule has 2 atom stereocenters. The van der Waals surface area contributed by atoms with E-state index in [-0.39, 0.29) is 6.42 Å². The Labute approximate surface area is 127 Å². The highest BCUT2D eigenvalue weighted by atomic mass is 16.4. The van der Waals surface area contributed by atoms with Gasteiger partial charge in [0.1, 0.15) is 0 Å². The number of ketones is 1. The second kappa shape index (κ2) is 9.14. The van der Waals surface area contributed by atoms with Crippen LogP contribution in [-0.2, 0) is 19.2 Å². The van der Waals surface area contributed by atoms with Gasteiger partial charge in [0.05, 0.1) is 6.42 Å². The molecule has 4 N–H and O–H groups in total. The number of rotatable bonds is 12. The van der Waals surface area contributed by atoms with Gasteiger partial charge >= 0.3 is 17.9 Å². The fourth-order valence-electron chi connectivity index (χ4n) is 2.19. The zero-order valence-corrected chi connectivity index (χ0v) is 12.4. The Kier molecular flexibility index (Phi) is 8.32. The zero-order chi connectivity index (χ0) is 17.3. The summed E-state index contributed by atoms with van der Waals surface area (Å²) in [6.45, 7) is 2.00. The van der Waals surface area contributed by atoms with Crippen LogP contribution in [0.4, 0.5) is 0 Å². The fourth-order valence-corrected chi connectivity index (χ4v) is 2.19. The van der Waals surface area contributed by atoms with Crippen LogP contribution in [0.25, 0.3) is 0 Å². The largest absolute Gasteiger partial charge is 0.481 e. The van der Waals surface area contributed by atoms with Gasteiger partial charge in [0.25, 0.3) is 0 Å². The average molecular weight is 318 g/mol. The minimum absolute atomic E-state index is 0.212. The molecule has 8 nitrogen and oxygen atoms in total. The van der Waals surface area contributed by atoms with Crippen LogP contribution in [0.5, 0.6) is 0 Å². The Bertz CT molecular complexity index is 431. The van der Waals surface area contributed by atoms with Gasteiger partial charge in [-0.25, -0.2) is 4.79 Å². The predicted molar refractivity (Wildman–Crippen MR) is 74.3 cm³/mol. The van der Waals surface area contributed by atoms with Gasteiger partial charge in [-0.15, -0.1) is 0 Å². The molecule has 0 bridgehead atoms. The first-order chi connectivity index (χ1) is 10.2. The molecule has 0 aromatic rings. The number of Topliss-reactive ketones (excluding diaryl/α,β-unsaturated/α-hetero) is 1. The van der Waals surface area contributed by atoms with Crippen LogP contribution in [-0.4, -0.2) is 49.7 Å². The number of hydrogen-bond donors (Lipinski definition) is 4. The van der Waals surface area contributed by atoms with Crippen molar-refractivity contribution in [3.05, 3.63) is 0 Å². The van der Waals surface area contributed by atoms with E-state index < -0.39 is 41.6 Å². The number of aliphatic carboxylic acids is 3. The summed E-state index contributed by atoms with van der Waals surface area (Å²) in [5.41, 5.74) is -3.15. The number of aliphatic hydroxyl groups is 1. The lowest BCUT2D eigenvalue weighted by Crippen LogP contribution is -2.53. The van der Waals surface area contributed by atoms with E-state index in [9.17, 15) is 24.3 Å². The molecule has 0 spiro atoms. The van der Waals surface area contributed by atoms with Gasteiger partial charge in [-0.05, 0) is 6.42 Å². The number of carbonyl (C=O) groups excluding carboxylic acids is 1. The van der Waals surface area contributed by atoms with E-state index in [0.29, 0.717) is 12.8 Å². The molecule has 0 radical (unpaired) electrons. The standard InChI is InChI=1S/C14H22O8/c1-2-3-4-5-6-7-9(15)11(12(18)19)14(22,13(20)21)8-10(16)17/h11,22H,2-8H2,1H3,(H,16,17)(H,18,19)(H,20,21). The molecule has 2 unspecified atom stereocenters. The second-order valence-electron chi connectivity index (χ2n) is 5.20. The van der Waals surface area contributed by atoms with Crippen LogP contribution < -0.4 is 0 Å². The maximum absolute atomic E-state index is 12.0. The highest BCUT2D eigenvalue weighted by Gasteiger charge is 2.53. The van der Waals surface area contributed by atoms with Crippen LogP contribution in [0.3, 0.4) is 0 Å². The molecule has 0 heterocycles. The summed E-state index contributed by atoms with van der Waals surface area (Å²) >= 11 is 0. The van der Waals surface area contributed by atoms with E-state index in [1.807, 2.05) is 6.92 Å². The number of hydrogen-bond acceptors (Lipinski definition) is 5. The number of unbranched alkanes of at least 4 members (excludes halogenated alkanes) is 4. The lowest BCUT2D eigenvalue weighted by Gasteiger charge is -2.27. The van der Waals surface area contributed by atoms with Crippen LogP contribution >= 0.6 is 0 Å². The molecule has 126 valence electrons. The molecule has 0 aliphatic heterocycles. The molecule has 0 rings (SSSR count). The zero-order valence-electron chi connectivity index (χ0n) is 12.4. The van der Waals surface area contributed by atoms with E-state index in [1.54, 1.807) is 0 Å². The Morgan fingerprint density at radius 2 is 1.50 bits per heavy atom. The molecule has 0 aliphatic carbocycles. The van der Waals surface area contributed by atoms with Crippen LogP contribution in [0, 0.1) is 5.92 Å². The van der Waals surface area contributed by atoms with Gasteiger partial charge in [0.15, 0.2) is 17.3 Å². The number of carbonyl (C=O) groups is 4. The summed E-state index contributed by atoms with van der Waals surface area (Å²) in [5.74, 6) is -8.86. The fraction of sp³-hybridized carbons (Fsp3) is 0.714. The van der Waals surface area contributed by atoms with Crippen molar-refractivity contribution in [2.45, 2.75) is 57.5 Å². The molecular weight excluding hydrogens is 296 g/mol. The lowest BCUT2D eigenvalue weighted by molar-refractivity contribution is -0.181. The van der Waals surface area contributed by atoms with Crippen molar-refractivity contribution in [2.75, 3.05) is 0 Å². The monoisotopic (exact) mass is 318 g/mol. The van der Waals surface area contributed by atoms with E-state index in [0.717, 1.165) is 19.3 Å². The van der Waals surface area contributed by atoms with E-state index >= 15 is 0 Å². The molecule has 0 amide bonds. The second-order valence-corrected chi connectivity index (χ2v) is 5.20. The first kappa shape index (κ1) is 20.0. The minimum atomic E-state index is -3.15. The third kappa shape index (κ3) is 5.80. The topological polar surface area (TPSA) is 149 Å². The molecule has 0 saturated heterocycles. The van der Waals surface area contributed by atoms with Gasteiger partial charge in [-0.2, -0.15) is 0 Å². The van der Waals surface area contributed by atoms with Gasteiger partial charge in [-0.1, -0.05) is 32.6 Å². The molecule has 8 heteroatoms. The summed E-state index contributed by atoms with van der Waals surface area (Å²) in [6, 6.07) is 0. The molecule has 0 aromatic heterocycles. The van der Waals surface area contributed by atoms with Gasteiger partial charge in [-0.3, -0.25) is 14.4 Å². The quantitative estimate of drug-likeness (QED) is 0.306. The molecule has 0 aromatic carbocycles. The first-order valence-corrected chi connectivity index (χ1v) is 7.09. The Balaban J connectivity index is 5.01. The predicted octanol–water partition coefficient (Wildman–Crippen LogP) is 0.907. The molecular formula is C14H22O8. The molecule has 0 saturated carbocycles. The summed E-state index contributed by atoms with van der Waals surface area (Å²) < 4.78 is 0. The van der Waals surface area contributed by atoms with Gasteiger partial charge < -0.3 is 20.4 Å². The third-order valence-electron chi connectivity index (χ3n) is 3.36. The van der Waals surface area contributed by atoms with Crippen molar-refractivity contribution in [3.63, 3.8) is 0 Å². The van der Waals surface area contributed by atoms with Crippen molar-refractivity contribution < 1.29 is 39.6 Å². The lowest BCUT2D eigenvalue weighted by atomic mass is 9.80. The van der Waals surface area contributed by atoms with Gasteiger partial charge in [0.2, 0.25) is 0 Å². The Hall–Kier alpha value is -1.96. The van der Waals surface area contributed by atoms with Crippen molar-refractivity contribution in [1.29, 1.82) is 0 Å². The normalized spacial score (nSPS) is 14.8. The highest BCUT2D eigenvalue weighted by molar-refractivity contribution is 6.05. The Morgan fingerprint density at radius 1 is 0.955 bits per heavy atom. The summed E-state index contributed by atoms with van der Waals surface area (Å²) in [5, 5.41) is 36.6. The first-order valence-electron chi connectivity index (χ1n) is 7.09. The van der Waals surface area contributed by atoms with Crippen molar-refractivity contribution in [2.24, 2.45) is 5.92 Å². The average Bonchev–Trinajstić information content (AvgIpc) is 2.36. The van der Waals surface area contributed by atoms with Crippen LogP contribution in [0.1, 0.15) is 51.9 Å². The van der Waals surface area contributed by atoms with E-state index in [4.69, 9.17) is 15.3 Å². The summed E-state index contributed by atoms with van der Waals surface area (Å²) in [6.07, 6.45) is 2.29. The molecule has 0 fully saturated rings. The van der Waals surface area contributed by atoms with Crippen LogP contribution in [0.15, 0.2) is 0 Å². The number of carboxylic acid groups (broad SMARTS) is 3. The van der Waals surface area contributed by atoms with Crippen molar-refractivity contribution in [3.8, 4) is 0 Å². The maximum Gasteiger partial charge on any atom is 0.337 e. The molecule has 22 heavy (non-hydrogen) atoms. The third-order valence-corrected chi connectivity index (χ3v) is 3.36. The number of carboxylic acids is 3. The SMILES string of the molecule is CCCCCCCC(=O)C(C(=O)O)C(O)(CC(=O)O)C(=O)O. The van der Waals surface area contributed by atoms with Crippen molar-refractivity contribution >= 4 is 23.7 Å². The maximum atomic E-state index is 12.0. The smallest absolute Gasteiger partial charge is 0.337 e. The van der Waals surface area contributed by atoms with Crippen molar-refractivity contribution in [1.82, 2.24) is 0 Å².